The monoisotopic (exact) mass is 590 g/mol. The van der Waals surface area contributed by atoms with Gasteiger partial charge in [-0.2, -0.15) is 0 Å². The van der Waals surface area contributed by atoms with Crippen molar-refractivity contribution in [2.24, 2.45) is 0 Å². The maximum Gasteiger partial charge on any atom is 0.361 e. The average molecular weight is 591 g/mol. The van der Waals surface area contributed by atoms with Crippen LogP contribution in [0.3, 0.4) is 0 Å². The van der Waals surface area contributed by atoms with Gasteiger partial charge in [0, 0.05) is 32.6 Å². The van der Waals surface area contributed by atoms with Crippen LogP contribution in [0.5, 0.6) is 0 Å². The number of carbonyl (C=O) groups excluding carboxylic acids is 4. The van der Waals surface area contributed by atoms with Crippen LogP contribution in [0.1, 0.15) is 66.2 Å². The lowest BCUT2D eigenvalue weighted by molar-refractivity contribution is 0.0520. The summed E-state index contributed by atoms with van der Waals surface area (Å²) in [5.41, 5.74) is 3.12. The summed E-state index contributed by atoms with van der Waals surface area (Å²) in [5, 5.41) is 25.7. The number of aromatic nitrogens is 5. The number of methoxy groups -OCH3 is 2. The first kappa shape index (κ1) is 25.0. The standard InChI is InChI=1S/C31H22N6O7/c1-43-30(41)22-26(31(42)44-2)37(34-33-22)23-16-11-17(27(23)38)36-15-10-6-4-8-13(15)19-21-20(28(39)32-29(21)40)18-12-7-3-5-9-14(12)35(16)24(18)25(19)36/h3-10,16-17,23,27,38H,11H2,1-2H3,(H,32,39,40)/t16-,17+,23-,27-/m1/s1. The van der Waals surface area contributed by atoms with Gasteiger partial charge in [0.05, 0.1) is 54.6 Å². The molecule has 2 aliphatic heterocycles. The fourth-order valence-electron chi connectivity index (χ4n) is 7.95. The average Bonchev–Trinajstić information content (AvgIpc) is 3.80. The van der Waals surface area contributed by atoms with Gasteiger partial charge < -0.3 is 23.7 Å². The fourth-order valence-corrected chi connectivity index (χ4v) is 7.95. The maximum atomic E-state index is 13.5. The van der Waals surface area contributed by atoms with E-state index in [1.165, 1.54) is 18.9 Å². The number of carbonyl (C=O) groups is 4. The zero-order valence-corrected chi connectivity index (χ0v) is 23.3. The van der Waals surface area contributed by atoms with E-state index in [0.29, 0.717) is 28.3 Å². The summed E-state index contributed by atoms with van der Waals surface area (Å²) in [6, 6.07) is 13.3. The Hall–Kier alpha value is -5.56. The lowest BCUT2D eigenvalue weighted by atomic mass is 9.96. The second-order valence-corrected chi connectivity index (χ2v) is 11.3. The number of ether oxygens (including phenoxy) is 2. The van der Waals surface area contributed by atoms with Gasteiger partial charge in [-0.05, 0) is 18.6 Å². The molecule has 1 aliphatic carbocycles. The van der Waals surface area contributed by atoms with Crippen molar-refractivity contribution in [3.8, 4) is 0 Å². The highest BCUT2D eigenvalue weighted by Gasteiger charge is 2.52. The van der Waals surface area contributed by atoms with Crippen LogP contribution in [-0.2, 0) is 9.47 Å². The molecule has 13 heteroatoms. The number of hydrogen-bond acceptors (Lipinski definition) is 9. The Morgan fingerprint density at radius 1 is 0.841 bits per heavy atom. The highest BCUT2D eigenvalue weighted by atomic mass is 16.5. The molecule has 9 rings (SSSR count). The second kappa shape index (κ2) is 8.29. The zero-order valence-electron chi connectivity index (χ0n) is 23.3. The minimum Gasteiger partial charge on any atom is -0.464 e. The van der Waals surface area contributed by atoms with Crippen molar-refractivity contribution in [1.29, 1.82) is 0 Å². The predicted molar refractivity (Wildman–Crippen MR) is 155 cm³/mol. The Balaban J connectivity index is 1.47. The smallest absolute Gasteiger partial charge is 0.361 e. The summed E-state index contributed by atoms with van der Waals surface area (Å²) >= 11 is 0. The van der Waals surface area contributed by atoms with Crippen molar-refractivity contribution in [3.05, 3.63) is 71.0 Å². The molecule has 3 aromatic heterocycles. The topological polar surface area (TPSA) is 160 Å². The van der Waals surface area contributed by atoms with Crippen LogP contribution < -0.4 is 5.32 Å². The van der Waals surface area contributed by atoms with Gasteiger partial charge in [-0.3, -0.25) is 14.9 Å². The van der Waals surface area contributed by atoms with Gasteiger partial charge in [0.15, 0.2) is 5.69 Å². The quantitative estimate of drug-likeness (QED) is 0.233. The maximum absolute atomic E-state index is 13.5. The summed E-state index contributed by atoms with van der Waals surface area (Å²) in [6.07, 6.45) is -0.719. The Morgan fingerprint density at radius 3 is 1.95 bits per heavy atom. The summed E-state index contributed by atoms with van der Waals surface area (Å²) in [7, 11) is 2.36. The second-order valence-electron chi connectivity index (χ2n) is 11.3. The van der Waals surface area contributed by atoms with Gasteiger partial charge in [0.2, 0.25) is 5.69 Å². The van der Waals surface area contributed by atoms with E-state index >= 15 is 0 Å². The molecule has 6 aromatic rings. The number of aliphatic hydroxyl groups is 1. The molecule has 13 nitrogen and oxygen atoms in total. The molecule has 0 radical (unpaired) electrons. The molecule has 5 heterocycles. The van der Waals surface area contributed by atoms with Gasteiger partial charge in [0.25, 0.3) is 11.8 Å². The number of nitrogens with zero attached hydrogens (tertiary/aromatic N) is 5. The molecule has 44 heavy (non-hydrogen) atoms. The number of nitrogens with one attached hydrogen (secondary N) is 1. The summed E-state index contributed by atoms with van der Waals surface area (Å²) < 4.78 is 15.3. The van der Waals surface area contributed by atoms with E-state index in [1.807, 2.05) is 48.5 Å². The molecule has 2 bridgehead atoms. The first-order valence-electron chi connectivity index (χ1n) is 14.0. The number of para-hydroxylation sites is 2. The van der Waals surface area contributed by atoms with Crippen LogP contribution in [0, 0.1) is 0 Å². The molecule has 2 amide bonds. The van der Waals surface area contributed by atoms with E-state index in [0.717, 1.165) is 32.8 Å². The van der Waals surface area contributed by atoms with Crippen LogP contribution in [0.25, 0.3) is 43.6 Å². The first-order valence-corrected chi connectivity index (χ1v) is 14.0. The van der Waals surface area contributed by atoms with Crippen LogP contribution in [-0.4, -0.2) is 73.3 Å². The number of imide groups is 1. The van der Waals surface area contributed by atoms with E-state index < -0.39 is 48.0 Å². The van der Waals surface area contributed by atoms with Crippen LogP contribution in [0.15, 0.2) is 48.5 Å². The number of amides is 2. The van der Waals surface area contributed by atoms with Crippen molar-refractivity contribution in [1.82, 2.24) is 29.4 Å². The number of aliphatic hydroxyl groups excluding tert-OH is 1. The van der Waals surface area contributed by atoms with Gasteiger partial charge in [-0.25, -0.2) is 14.3 Å². The SMILES string of the molecule is COC(=O)c1nnn([C@H]2[C@H](O)[C@@H]3C[C@H]2n2c4ccccc4c4c5c(c6c7ccccc7n3c6c42)C(=O)NC5=O)c1C(=O)OC. The molecular formula is C31H22N6O7. The molecule has 1 saturated carbocycles. The third-order valence-corrected chi connectivity index (χ3v) is 9.50. The minimum atomic E-state index is -1.12. The highest BCUT2D eigenvalue weighted by Crippen LogP contribution is 2.56. The number of rotatable bonds is 3. The summed E-state index contributed by atoms with van der Waals surface area (Å²) in [5.74, 6) is -2.65. The minimum absolute atomic E-state index is 0.232. The van der Waals surface area contributed by atoms with Crippen molar-refractivity contribution >= 4 is 67.4 Å². The number of benzene rings is 3. The normalized spacial score (nSPS) is 21.9. The van der Waals surface area contributed by atoms with E-state index in [9.17, 15) is 24.3 Å². The Bertz CT molecular complexity index is 2350. The number of fused-ring (bicyclic) bond motifs is 13. The predicted octanol–water partition coefficient (Wildman–Crippen LogP) is 3.05. The number of hydrogen-bond donors (Lipinski definition) is 2. The van der Waals surface area contributed by atoms with Gasteiger partial charge in [-0.15, -0.1) is 5.10 Å². The molecule has 0 unspecified atom stereocenters. The van der Waals surface area contributed by atoms with E-state index in [2.05, 4.69) is 24.8 Å². The van der Waals surface area contributed by atoms with E-state index in [4.69, 9.17) is 9.47 Å². The first-order chi connectivity index (χ1) is 21.4. The van der Waals surface area contributed by atoms with Crippen LogP contribution >= 0.6 is 0 Å². The molecule has 3 aromatic carbocycles. The molecule has 0 saturated heterocycles. The Kier molecular flexibility index (Phi) is 4.71. The van der Waals surface area contributed by atoms with Gasteiger partial charge in [-0.1, -0.05) is 41.6 Å². The largest absolute Gasteiger partial charge is 0.464 e. The Labute approximate surface area is 246 Å². The zero-order chi connectivity index (χ0) is 30.2. The highest BCUT2D eigenvalue weighted by molar-refractivity contribution is 6.39. The molecule has 1 fully saturated rings. The van der Waals surface area contributed by atoms with Crippen molar-refractivity contribution in [2.75, 3.05) is 14.2 Å². The van der Waals surface area contributed by atoms with Crippen LogP contribution in [0.2, 0.25) is 0 Å². The molecule has 218 valence electrons. The van der Waals surface area contributed by atoms with Crippen molar-refractivity contribution < 1.29 is 33.8 Å². The lowest BCUT2D eigenvalue weighted by Gasteiger charge is -2.28. The molecule has 3 aliphatic rings. The molecule has 0 spiro atoms. The van der Waals surface area contributed by atoms with Gasteiger partial charge >= 0.3 is 11.9 Å². The van der Waals surface area contributed by atoms with Gasteiger partial charge in [0.1, 0.15) is 6.04 Å². The van der Waals surface area contributed by atoms with E-state index in [1.54, 1.807) is 0 Å². The summed E-state index contributed by atoms with van der Waals surface area (Å²) in [4.78, 5) is 52.6. The molecule has 2 N–H and O–H groups in total. The van der Waals surface area contributed by atoms with Crippen molar-refractivity contribution in [3.63, 3.8) is 0 Å². The fraction of sp³-hybridized carbons (Fsp3) is 0.226. The third kappa shape index (κ3) is 2.73. The molecular weight excluding hydrogens is 568 g/mol. The third-order valence-electron chi connectivity index (χ3n) is 9.50. The number of esters is 2. The van der Waals surface area contributed by atoms with E-state index in [-0.39, 0.29) is 11.4 Å². The van der Waals surface area contributed by atoms with Crippen molar-refractivity contribution in [2.45, 2.75) is 30.7 Å². The Morgan fingerprint density at radius 2 is 1.39 bits per heavy atom. The lowest BCUT2D eigenvalue weighted by Crippen LogP contribution is -2.33. The van der Waals surface area contributed by atoms with Crippen LogP contribution in [0.4, 0.5) is 0 Å². The molecule has 4 atom stereocenters. The summed E-state index contributed by atoms with van der Waals surface area (Å²) in [6.45, 7) is 0.